The predicted octanol–water partition coefficient (Wildman–Crippen LogP) is 3.85. The molecule has 3 amide bonds. The van der Waals surface area contributed by atoms with E-state index in [1.54, 1.807) is 69.3 Å². The molecule has 0 spiro atoms. The maximum absolute atomic E-state index is 13.4. The molecule has 0 aliphatic rings. The van der Waals surface area contributed by atoms with E-state index in [1.165, 1.54) is 13.2 Å². The highest BCUT2D eigenvalue weighted by Crippen LogP contribution is 2.32. The Kier molecular flexibility index (Phi) is 9.67. The van der Waals surface area contributed by atoms with Crippen molar-refractivity contribution in [2.24, 2.45) is 0 Å². The monoisotopic (exact) mass is 553 g/mol. The van der Waals surface area contributed by atoms with Crippen molar-refractivity contribution >= 4 is 35.2 Å². The van der Waals surface area contributed by atoms with E-state index >= 15 is 0 Å². The summed E-state index contributed by atoms with van der Waals surface area (Å²) in [6, 6.07) is 16.0. The van der Waals surface area contributed by atoms with Gasteiger partial charge in [0.1, 0.15) is 22.3 Å². The molecule has 0 radical (unpaired) electrons. The normalized spacial score (nSPS) is 11.7. The van der Waals surface area contributed by atoms with Crippen molar-refractivity contribution in [3.63, 3.8) is 0 Å². The fourth-order valence-electron chi connectivity index (χ4n) is 3.50. The number of benzene rings is 2. The molecule has 39 heavy (non-hydrogen) atoms. The Morgan fingerprint density at radius 3 is 2.31 bits per heavy atom. The van der Waals surface area contributed by atoms with E-state index in [4.69, 9.17) is 9.47 Å². The first-order chi connectivity index (χ1) is 18.5. The molecule has 1 heterocycles. The maximum Gasteiger partial charge on any atom is 0.407 e. The second kappa shape index (κ2) is 12.9. The quantitative estimate of drug-likeness (QED) is 0.295. The number of aromatic hydroxyl groups is 1. The number of methoxy groups -OCH3 is 1. The van der Waals surface area contributed by atoms with Gasteiger partial charge in [-0.25, -0.2) is 9.59 Å². The molecule has 0 saturated heterocycles. The largest absolute Gasteiger partial charge is 0.508 e. The van der Waals surface area contributed by atoms with E-state index in [0.717, 1.165) is 11.3 Å². The molecule has 2 aromatic carbocycles. The van der Waals surface area contributed by atoms with Crippen LogP contribution in [0.3, 0.4) is 0 Å². The number of hydrogen-bond donors (Lipinski definition) is 4. The third-order valence-corrected chi connectivity index (χ3v) is 6.38. The molecular formula is C28H31N3O7S. The minimum atomic E-state index is -1.20. The molecule has 3 rings (SSSR count). The third kappa shape index (κ3) is 8.57. The third-order valence-electron chi connectivity index (χ3n) is 5.25. The van der Waals surface area contributed by atoms with Crippen molar-refractivity contribution in [1.29, 1.82) is 0 Å². The van der Waals surface area contributed by atoms with Crippen molar-refractivity contribution in [3.05, 3.63) is 76.0 Å². The summed E-state index contributed by atoms with van der Waals surface area (Å²) in [7, 11) is 1.17. The molecule has 1 aromatic heterocycles. The lowest BCUT2D eigenvalue weighted by Gasteiger charge is -2.21. The molecule has 0 unspecified atom stereocenters. The highest BCUT2D eigenvalue weighted by molar-refractivity contribution is 7.16. The topological polar surface area (TPSA) is 143 Å². The van der Waals surface area contributed by atoms with Crippen LogP contribution in [0.1, 0.15) is 45.7 Å². The van der Waals surface area contributed by atoms with Crippen molar-refractivity contribution in [1.82, 2.24) is 16.0 Å². The second-order valence-electron chi connectivity index (χ2n) is 9.50. The van der Waals surface area contributed by atoms with Gasteiger partial charge >= 0.3 is 12.1 Å². The zero-order valence-electron chi connectivity index (χ0n) is 22.1. The number of carbonyl (C=O) groups is 4. The zero-order valence-corrected chi connectivity index (χ0v) is 22.9. The average Bonchev–Trinajstić information content (AvgIpc) is 3.34. The van der Waals surface area contributed by atoms with Gasteiger partial charge in [0, 0.05) is 12.1 Å². The van der Waals surface area contributed by atoms with Crippen LogP contribution in [0.25, 0.3) is 11.1 Å². The van der Waals surface area contributed by atoms with E-state index in [9.17, 15) is 24.3 Å². The van der Waals surface area contributed by atoms with Gasteiger partial charge in [0.25, 0.3) is 11.8 Å². The van der Waals surface area contributed by atoms with E-state index in [1.807, 2.05) is 6.07 Å². The van der Waals surface area contributed by atoms with Crippen molar-refractivity contribution in [2.45, 2.75) is 39.0 Å². The van der Waals surface area contributed by atoms with Crippen LogP contribution in [0.4, 0.5) is 4.79 Å². The lowest BCUT2D eigenvalue weighted by molar-refractivity contribution is -0.142. The Morgan fingerprint density at radius 1 is 0.949 bits per heavy atom. The number of hydrogen-bond acceptors (Lipinski definition) is 8. The molecular weight excluding hydrogens is 522 g/mol. The van der Waals surface area contributed by atoms with E-state index in [0.29, 0.717) is 16.7 Å². The molecule has 1 atom stereocenters. The number of esters is 1. The first kappa shape index (κ1) is 29.2. The Labute approximate surface area is 230 Å². The van der Waals surface area contributed by atoms with Crippen LogP contribution in [-0.2, 0) is 20.8 Å². The summed E-state index contributed by atoms with van der Waals surface area (Å²) in [5.41, 5.74) is 1.17. The SMILES string of the molecule is COC(=O)[C@H](CNC(=O)OC(C)(C)C)NC(=O)c1sc(C(=O)NCc2cccc(O)c2)cc1-c1ccccc1. The van der Waals surface area contributed by atoms with Gasteiger partial charge in [-0.1, -0.05) is 42.5 Å². The number of amides is 3. The van der Waals surface area contributed by atoms with Gasteiger partial charge < -0.3 is 30.5 Å². The number of phenols is 1. The number of thiophene rings is 1. The maximum atomic E-state index is 13.4. The molecule has 11 heteroatoms. The van der Waals surface area contributed by atoms with Gasteiger partial charge in [0.15, 0.2) is 0 Å². The van der Waals surface area contributed by atoms with Crippen molar-refractivity contribution < 1.29 is 33.8 Å². The molecule has 0 saturated carbocycles. The van der Waals surface area contributed by atoms with Crippen LogP contribution in [0.2, 0.25) is 0 Å². The van der Waals surface area contributed by atoms with Crippen LogP contribution in [0.15, 0.2) is 60.7 Å². The van der Waals surface area contributed by atoms with Gasteiger partial charge in [0.05, 0.1) is 18.5 Å². The summed E-state index contributed by atoms with van der Waals surface area (Å²) in [5.74, 6) is -1.70. The Morgan fingerprint density at radius 2 is 1.67 bits per heavy atom. The molecule has 206 valence electrons. The Hall–Kier alpha value is -4.38. The van der Waals surface area contributed by atoms with Crippen LogP contribution < -0.4 is 16.0 Å². The Balaban J connectivity index is 1.82. The molecule has 4 N–H and O–H groups in total. The number of ether oxygens (including phenoxy) is 2. The highest BCUT2D eigenvalue weighted by Gasteiger charge is 2.27. The molecule has 0 aliphatic heterocycles. The first-order valence-electron chi connectivity index (χ1n) is 12.1. The van der Waals surface area contributed by atoms with E-state index in [-0.39, 0.29) is 28.6 Å². The molecule has 3 aromatic rings. The number of rotatable bonds is 9. The van der Waals surface area contributed by atoms with Crippen molar-refractivity contribution in [3.8, 4) is 16.9 Å². The molecule has 10 nitrogen and oxygen atoms in total. The summed E-state index contributed by atoms with van der Waals surface area (Å²) in [6.07, 6.45) is -0.752. The first-order valence-corrected chi connectivity index (χ1v) is 12.9. The van der Waals surface area contributed by atoms with Crippen LogP contribution >= 0.6 is 11.3 Å². The van der Waals surface area contributed by atoms with Crippen molar-refractivity contribution in [2.75, 3.05) is 13.7 Å². The van der Waals surface area contributed by atoms with Crippen LogP contribution in [-0.4, -0.2) is 54.3 Å². The number of phenolic OH excluding ortho intramolecular Hbond substituents is 1. The van der Waals surface area contributed by atoms with Gasteiger partial charge in [-0.3, -0.25) is 9.59 Å². The van der Waals surface area contributed by atoms with Crippen LogP contribution in [0.5, 0.6) is 5.75 Å². The lowest BCUT2D eigenvalue weighted by Crippen LogP contribution is -2.49. The smallest absolute Gasteiger partial charge is 0.407 e. The summed E-state index contributed by atoms with van der Waals surface area (Å²) in [5, 5.41) is 17.5. The highest BCUT2D eigenvalue weighted by atomic mass is 32.1. The number of nitrogens with one attached hydrogen (secondary N) is 3. The van der Waals surface area contributed by atoms with Gasteiger partial charge in [-0.05, 0) is 50.1 Å². The summed E-state index contributed by atoms with van der Waals surface area (Å²) in [6.45, 7) is 5.01. The molecule has 0 fully saturated rings. The lowest BCUT2D eigenvalue weighted by atomic mass is 10.1. The summed E-state index contributed by atoms with van der Waals surface area (Å²) < 4.78 is 9.99. The number of carbonyl (C=O) groups excluding carboxylic acids is 4. The Bertz CT molecular complexity index is 1330. The fourth-order valence-corrected chi connectivity index (χ4v) is 4.50. The minimum Gasteiger partial charge on any atom is -0.508 e. The van der Waals surface area contributed by atoms with Gasteiger partial charge in [0.2, 0.25) is 0 Å². The fraction of sp³-hybridized carbons (Fsp3) is 0.286. The standard InChI is InChI=1S/C28H31N3O7S/c1-28(2,3)38-27(36)30-16-21(26(35)37-4)31-25(34)23-20(18-10-6-5-7-11-18)14-22(39-23)24(33)29-15-17-9-8-12-19(32)13-17/h5-14,21,32H,15-16H2,1-4H3,(H,29,33)(H,30,36)(H,31,34)/t21-/m0/s1. The zero-order chi connectivity index (χ0) is 28.6. The molecule has 0 bridgehead atoms. The summed E-state index contributed by atoms with van der Waals surface area (Å²) >= 11 is 0.965. The predicted molar refractivity (Wildman–Crippen MR) is 147 cm³/mol. The summed E-state index contributed by atoms with van der Waals surface area (Å²) in [4.78, 5) is 51.3. The molecule has 0 aliphatic carbocycles. The average molecular weight is 554 g/mol. The van der Waals surface area contributed by atoms with E-state index in [2.05, 4.69) is 16.0 Å². The van der Waals surface area contributed by atoms with Gasteiger partial charge in [-0.2, -0.15) is 0 Å². The minimum absolute atomic E-state index is 0.0875. The second-order valence-corrected chi connectivity index (χ2v) is 10.6. The van der Waals surface area contributed by atoms with Gasteiger partial charge in [-0.15, -0.1) is 11.3 Å². The van der Waals surface area contributed by atoms with Crippen LogP contribution in [0, 0.1) is 0 Å². The van der Waals surface area contributed by atoms with E-state index < -0.39 is 35.5 Å². The number of alkyl carbamates (subject to hydrolysis) is 1.